The highest BCUT2D eigenvalue weighted by molar-refractivity contribution is 7.98. The van der Waals surface area contributed by atoms with Gasteiger partial charge in [-0.1, -0.05) is 23.7 Å². The zero-order valence-corrected chi connectivity index (χ0v) is 8.69. The van der Waals surface area contributed by atoms with Crippen LogP contribution in [0.25, 0.3) is 10.8 Å². The number of pyridine rings is 1. The van der Waals surface area contributed by atoms with Gasteiger partial charge >= 0.3 is 0 Å². The molecule has 0 spiro atoms. The molecule has 2 rings (SSSR count). The molecule has 13 heavy (non-hydrogen) atoms. The van der Waals surface area contributed by atoms with E-state index in [1.807, 2.05) is 30.5 Å². The first-order valence-electron chi connectivity index (χ1n) is 3.90. The molecule has 0 aliphatic rings. The summed E-state index contributed by atoms with van der Waals surface area (Å²) in [6.45, 7) is 0. The van der Waals surface area contributed by atoms with E-state index in [4.69, 9.17) is 11.6 Å². The maximum absolute atomic E-state index is 6.05. The summed E-state index contributed by atoms with van der Waals surface area (Å²) in [5.41, 5.74) is 0. The van der Waals surface area contributed by atoms with E-state index in [1.54, 1.807) is 18.0 Å². The van der Waals surface area contributed by atoms with Crippen molar-refractivity contribution in [3.63, 3.8) is 0 Å². The Labute approximate surface area is 86.1 Å². The fraction of sp³-hybridized carbons (Fsp3) is 0.100. The maximum atomic E-state index is 6.05. The van der Waals surface area contributed by atoms with Crippen molar-refractivity contribution < 1.29 is 0 Å². The van der Waals surface area contributed by atoms with E-state index < -0.39 is 0 Å². The topological polar surface area (TPSA) is 12.9 Å². The van der Waals surface area contributed by atoms with Crippen molar-refractivity contribution in [1.82, 2.24) is 4.98 Å². The highest BCUT2D eigenvalue weighted by atomic mass is 35.5. The summed E-state index contributed by atoms with van der Waals surface area (Å²) in [6.07, 6.45) is 3.81. The lowest BCUT2D eigenvalue weighted by atomic mass is 10.2. The van der Waals surface area contributed by atoms with Gasteiger partial charge in [0.25, 0.3) is 0 Å². The van der Waals surface area contributed by atoms with Crippen LogP contribution in [0, 0.1) is 0 Å². The molecular weight excluding hydrogens is 202 g/mol. The van der Waals surface area contributed by atoms with Crippen LogP contribution in [0.5, 0.6) is 0 Å². The van der Waals surface area contributed by atoms with Crippen LogP contribution in [-0.4, -0.2) is 11.2 Å². The molecule has 0 radical (unpaired) electrons. The molecule has 0 unspecified atom stereocenters. The first kappa shape index (κ1) is 8.85. The summed E-state index contributed by atoms with van der Waals surface area (Å²) in [6, 6.07) is 7.83. The summed E-state index contributed by atoms with van der Waals surface area (Å²) in [5, 5.41) is 4.02. The van der Waals surface area contributed by atoms with Crippen LogP contribution in [0.15, 0.2) is 35.5 Å². The van der Waals surface area contributed by atoms with Crippen LogP contribution >= 0.6 is 23.4 Å². The highest BCUT2D eigenvalue weighted by Crippen LogP contribution is 2.28. The van der Waals surface area contributed by atoms with Crippen molar-refractivity contribution in [2.24, 2.45) is 0 Å². The standard InChI is InChI=1S/C10H8ClNS/c1-13-10-8-3-2-4-9(11)7(8)5-6-12-10/h2-6H,1H3. The SMILES string of the molecule is CSc1nccc2c(Cl)cccc12. The van der Waals surface area contributed by atoms with Crippen LogP contribution in [0.2, 0.25) is 5.02 Å². The first-order chi connectivity index (χ1) is 6.33. The second kappa shape index (κ2) is 3.56. The second-order valence-electron chi connectivity index (χ2n) is 2.66. The fourth-order valence-corrected chi connectivity index (χ4v) is 2.11. The third kappa shape index (κ3) is 1.52. The first-order valence-corrected chi connectivity index (χ1v) is 5.50. The monoisotopic (exact) mass is 209 g/mol. The summed E-state index contributed by atoms with van der Waals surface area (Å²) in [7, 11) is 0. The van der Waals surface area contributed by atoms with E-state index in [2.05, 4.69) is 4.98 Å². The minimum Gasteiger partial charge on any atom is -0.249 e. The molecule has 0 aliphatic heterocycles. The lowest BCUT2D eigenvalue weighted by molar-refractivity contribution is 1.18. The number of hydrogen-bond acceptors (Lipinski definition) is 2. The predicted octanol–water partition coefficient (Wildman–Crippen LogP) is 3.61. The van der Waals surface area contributed by atoms with Crippen molar-refractivity contribution in [3.8, 4) is 0 Å². The molecule has 1 aromatic heterocycles. The predicted molar refractivity (Wildman–Crippen MR) is 58.5 cm³/mol. The molecule has 0 bridgehead atoms. The van der Waals surface area contributed by atoms with E-state index in [1.165, 1.54) is 0 Å². The molecule has 2 aromatic rings. The van der Waals surface area contributed by atoms with Gasteiger partial charge in [-0.2, -0.15) is 0 Å². The molecule has 0 aliphatic carbocycles. The molecular formula is C10H8ClNS. The molecule has 3 heteroatoms. The summed E-state index contributed by atoms with van der Waals surface area (Å²) in [4.78, 5) is 4.27. The average Bonchev–Trinajstić information content (AvgIpc) is 2.18. The number of halogens is 1. The summed E-state index contributed by atoms with van der Waals surface area (Å²) >= 11 is 7.69. The number of nitrogens with zero attached hydrogens (tertiary/aromatic N) is 1. The van der Waals surface area contributed by atoms with Crippen LogP contribution in [0.4, 0.5) is 0 Å². The maximum Gasteiger partial charge on any atom is 0.104 e. The number of benzene rings is 1. The minimum absolute atomic E-state index is 0.787. The van der Waals surface area contributed by atoms with Crippen molar-refractivity contribution >= 4 is 34.1 Å². The van der Waals surface area contributed by atoms with Crippen molar-refractivity contribution in [2.45, 2.75) is 5.03 Å². The van der Waals surface area contributed by atoms with Gasteiger partial charge in [-0.3, -0.25) is 0 Å². The summed E-state index contributed by atoms with van der Waals surface area (Å²) in [5.74, 6) is 0. The smallest absolute Gasteiger partial charge is 0.104 e. The lowest BCUT2D eigenvalue weighted by Gasteiger charge is -2.03. The van der Waals surface area contributed by atoms with Gasteiger partial charge < -0.3 is 0 Å². The minimum atomic E-state index is 0.787. The van der Waals surface area contributed by atoms with E-state index in [0.29, 0.717) is 0 Å². The van der Waals surface area contributed by atoms with Gasteiger partial charge in [-0.05, 0) is 18.4 Å². The largest absolute Gasteiger partial charge is 0.249 e. The van der Waals surface area contributed by atoms with Gasteiger partial charge in [-0.25, -0.2) is 4.98 Å². The van der Waals surface area contributed by atoms with Gasteiger partial charge in [-0.15, -0.1) is 11.8 Å². The average molecular weight is 210 g/mol. The second-order valence-corrected chi connectivity index (χ2v) is 3.86. The molecule has 0 atom stereocenters. The van der Waals surface area contributed by atoms with Gasteiger partial charge in [0.05, 0.1) is 0 Å². The Hall–Kier alpha value is -0.730. The van der Waals surface area contributed by atoms with Gasteiger partial charge in [0, 0.05) is 22.0 Å². The number of hydrogen-bond donors (Lipinski definition) is 0. The third-order valence-electron chi connectivity index (χ3n) is 1.91. The fourth-order valence-electron chi connectivity index (χ4n) is 1.30. The Balaban J connectivity index is 2.84. The number of rotatable bonds is 1. The van der Waals surface area contributed by atoms with Gasteiger partial charge in [0.15, 0.2) is 0 Å². The van der Waals surface area contributed by atoms with Crippen LogP contribution in [0.1, 0.15) is 0 Å². The van der Waals surface area contributed by atoms with Crippen LogP contribution in [-0.2, 0) is 0 Å². The quantitative estimate of drug-likeness (QED) is 0.666. The molecule has 66 valence electrons. The number of aromatic nitrogens is 1. The molecule has 0 amide bonds. The van der Waals surface area contributed by atoms with Crippen LogP contribution < -0.4 is 0 Å². The molecule has 1 aromatic carbocycles. The van der Waals surface area contributed by atoms with Crippen molar-refractivity contribution in [1.29, 1.82) is 0 Å². The molecule has 0 fully saturated rings. The van der Waals surface area contributed by atoms with Gasteiger partial charge in [0.1, 0.15) is 5.03 Å². The van der Waals surface area contributed by atoms with Crippen molar-refractivity contribution in [2.75, 3.05) is 6.26 Å². The van der Waals surface area contributed by atoms with E-state index in [0.717, 1.165) is 20.8 Å². The molecule has 1 heterocycles. The Bertz CT molecular complexity index is 442. The zero-order chi connectivity index (χ0) is 9.26. The lowest BCUT2D eigenvalue weighted by Crippen LogP contribution is -1.81. The molecule has 0 saturated carbocycles. The zero-order valence-electron chi connectivity index (χ0n) is 7.12. The highest BCUT2D eigenvalue weighted by Gasteiger charge is 2.02. The van der Waals surface area contributed by atoms with E-state index in [-0.39, 0.29) is 0 Å². The Morgan fingerprint density at radius 3 is 2.85 bits per heavy atom. The van der Waals surface area contributed by atoms with Crippen molar-refractivity contribution in [3.05, 3.63) is 35.5 Å². The molecule has 0 N–H and O–H groups in total. The normalized spacial score (nSPS) is 10.6. The Morgan fingerprint density at radius 2 is 2.08 bits per heavy atom. The number of thioether (sulfide) groups is 1. The molecule has 0 saturated heterocycles. The van der Waals surface area contributed by atoms with Gasteiger partial charge in [0.2, 0.25) is 0 Å². The molecule has 1 nitrogen and oxygen atoms in total. The Morgan fingerprint density at radius 1 is 1.23 bits per heavy atom. The third-order valence-corrected chi connectivity index (χ3v) is 2.95. The van der Waals surface area contributed by atoms with E-state index >= 15 is 0 Å². The summed E-state index contributed by atoms with van der Waals surface area (Å²) < 4.78 is 0. The van der Waals surface area contributed by atoms with Crippen LogP contribution in [0.3, 0.4) is 0 Å². The van der Waals surface area contributed by atoms with E-state index in [9.17, 15) is 0 Å². The Kier molecular flexibility index (Phi) is 2.42. The number of fused-ring (bicyclic) bond motifs is 1.